The van der Waals surface area contributed by atoms with Gasteiger partial charge in [0, 0.05) is 35.5 Å². The molecule has 1 rings (SSSR count). The van der Waals surface area contributed by atoms with E-state index in [1.165, 1.54) is 6.20 Å². The Kier molecular flexibility index (Phi) is 4.23. The van der Waals surface area contributed by atoms with E-state index >= 15 is 0 Å². The van der Waals surface area contributed by atoms with Crippen LogP contribution in [0.2, 0.25) is 0 Å². The van der Waals surface area contributed by atoms with E-state index in [2.05, 4.69) is 10.3 Å². The number of hydrogen-bond acceptors (Lipinski definition) is 4. The Bertz CT molecular complexity index is 364. The molecule has 6 heteroatoms. The third kappa shape index (κ3) is 4.07. The molecule has 1 heterocycles. The summed E-state index contributed by atoms with van der Waals surface area (Å²) in [5.74, 6) is 0.716. The second-order valence-corrected chi connectivity index (χ2v) is 4.56. The van der Waals surface area contributed by atoms with Crippen LogP contribution in [0.25, 0.3) is 0 Å². The highest BCUT2D eigenvalue weighted by Gasteiger charge is 2.00. The van der Waals surface area contributed by atoms with Gasteiger partial charge in [-0.2, -0.15) is 0 Å². The second kappa shape index (κ2) is 5.45. The van der Waals surface area contributed by atoms with Crippen LogP contribution in [-0.4, -0.2) is 33.7 Å². The fourth-order valence-corrected chi connectivity index (χ4v) is 1.36. The lowest BCUT2D eigenvalue weighted by Gasteiger charge is -2.03. The van der Waals surface area contributed by atoms with Crippen molar-refractivity contribution in [2.24, 2.45) is 5.73 Å². The van der Waals surface area contributed by atoms with Crippen LogP contribution in [0, 0.1) is 0 Å². The van der Waals surface area contributed by atoms with Crippen molar-refractivity contribution in [3.63, 3.8) is 0 Å². The van der Waals surface area contributed by atoms with Gasteiger partial charge in [-0.1, -0.05) is 0 Å². The highest BCUT2D eigenvalue weighted by atomic mass is 32.2. The molecular formula is C9H13N3O2S. The molecule has 0 aliphatic rings. The molecule has 1 aromatic rings. The van der Waals surface area contributed by atoms with Crippen LogP contribution in [0.3, 0.4) is 0 Å². The van der Waals surface area contributed by atoms with Crippen molar-refractivity contribution in [2.75, 3.05) is 23.9 Å². The smallest absolute Gasteiger partial charge is 0.250 e. The number of primary amides is 1. The van der Waals surface area contributed by atoms with Gasteiger partial charge in [-0.3, -0.25) is 9.00 Å². The Hall–Kier alpha value is -1.43. The van der Waals surface area contributed by atoms with Gasteiger partial charge < -0.3 is 11.1 Å². The molecule has 5 nitrogen and oxygen atoms in total. The Labute approximate surface area is 90.5 Å². The predicted octanol–water partition coefficient (Wildman–Crippen LogP) is -0.0291. The molecule has 15 heavy (non-hydrogen) atoms. The summed E-state index contributed by atoms with van der Waals surface area (Å²) >= 11 is 0. The van der Waals surface area contributed by atoms with Crippen molar-refractivity contribution in [2.45, 2.75) is 0 Å². The summed E-state index contributed by atoms with van der Waals surface area (Å²) in [6.45, 7) is 0.589. The monoisotopic (exact) mass is 227 g/mol. The number of amides is 1. The summed E-state index contributed by atoms with van der Waals surface area (Å²) in [6.07, 6.45) is 3.05. The molecule has 0 spiro atoms. The summed E-state index contributed by atoms with van der Waals surface area (Å²) in [7, 11) is -0.815. The molecule has 82 valence electrons. The minimum Gasteiger partial charge on any atom is -0.369 e. The fraction of sp³-hybridized carbons (Fsp3) is 0.333. The van der Waals surface area contributed by atoms with Crippen LogP contribution in [0.15, 0.2) is 18.3 Å². The fourth-order valence-electron chi connectivity index (χ4n) is 0.967. The van der Waals surface area contributed by atoms with E-state index in [-0.39, 0.29) is 0 Å². The van der Waals surface area contributed by atoms with Gasteiger partial charge in [0.15, 0.2) is 0 Å². The van der Waals surface area contributed by atoms with E-state index in [0.717, 1.165) is 0 Å². The Morgan fingerprint density at radius 1 is 1.60 bits per heavy atom. The zero-order chi connectivity index (χ0) is 11.3. The van der Waals surface area contributed by atoms with Crippen LogP contribution in [-0.2, 0) is 10.8 Å². The quantitative estimate of drug-likeness (QED) is 0.739. The largest absolute Gasteiger partial charge is 0.369 e. The molecule has 0 fully saturated rings. The number of hydrogen-bond donors (Lipinski definition) is 2. The molecule has 0 saturated carbocycles. The van der Waals surface area contributed by atoms with Gasteiger partial charge in [0.05, 0.1) is 5.56 Å². The minimum absolute atomic E-state index is 0.375. The number of aromatic nitrogens is 1. The number of carbonyl (C=O) groups is 1. The van der Waals surface area contributed by atoms with Gasteiger partial charge in [0.2, 0.25) is 5.91 Å². The predicted molar refractivity (Wildman–Crippen MR) is 60.2 cm³/mol. The number of rotatable bonds is 5. The first-order chi connectivity index (χ1) is 7.09. The SMILES string of the molecule is CS(=O)CCNc1ccc(C(N)=O)cn1. The van der Waals surface area contributed by atoms with Crippen molar-refractivity contribution in [1.29, 1.82) is 0 Å². The van der Waals surface area contributed by atoms with Crippen molar-refractivity contribution < 1.29 is 9.00 Å². The Morgan fingerprint density at radius 2 is 2.33 bits per heavy atom. The topological polar surface area (TPSA) is 85.1 Å². The van der Waals surface area contributed by atoms with E-state index in [4.69, 9.17) is 5.73 Å². The molecule has 0 bridgehead atoms. The number of nitrogens with zero attached hydrogens (tertiary/aromatic N) is 1. The lowest BCUT2D eigenvalue weighted by molar-refractivity contribution is 0.1000. The summed E-state index contributed by atoms with van der Waals surface area (Å²) in [6, 6.07) is 3.26. The molecule has 0 aromatic carbocycles. The average Bonchev–Trinajstić information content (AvgIpc) is 2.18. The van der Waals surface area contributed by atoms with Gasteiger partial charge in [0.25, 0.3) is 0 Å². The van der Waals surface area contributed by atoms with Crippen LogP contribution in [0.5, 0.6) is 0 Å². The number of nitrogens with one attached hydrogen (secondary N) is 1. The van der Waals surface area contributed by atoms with Gasteiger partial charge >= 0.3 is 0 Å². The number of pyridine rings is 1. The number of carbonyl (C=O) groups excluding carboxylic acids is 1. The van der Waals surface area contributed by atoms with Crippen LogP contribution in [0.4, 0.5) is 5.82 Å². The van der Waals surface area contributed by atoms with Gasteiger partial charge in [-0.05, 0) is 12.1 Å². The lowest BCUT2D eigenvalue weighted by atomic mass is 10.3. The maximum Gasteiger partial charge on any atom is 0.250 e. The van der Waals surface area contributed by atoms with E-state index in [1.807, 2.05) is 0 Å². The summed E-state index contributed by atoms with van der Waals surface area (Å²) in [4.78, 5) is 14.7. The van der Waals surface area contributed by atoms with E-state index in [1.54, 1.807) is 18.4 Å². The summed E-state index contributed by atoms with van der Waals surface area (Å²) < 4.78 is 10.8. The molecule has 1 unspecified atom stereocenters. The second-order valence-electron chi connectivity index (χ2n) is 3.00. The van der Waals surface area contributed by atoms with Crippen molar-refractivity contribution >= 4 is 22.5 Å². The first kappa shape index (κ1) is 11.6. The lowest BCUT2D eigenvalue weighted by Crippen LogP contribution is -2.13. The summed E-state index contributed by atoms with van der Waals surface area (Å²) in [5, 5.41) is 2.99. The maximum absolute atomic E-state index is 10.8. The van der Waals surface area contributed by atoms with Gasteiger partial charge in [-0.25, -0.2) is 4.98 Å². The average molecular weight is 227 g/mol. The molecule has 1 atom stereocenters. The van der Waals surface area contributed by atoms with Gasteiger partial charge in [-0.15, -0.1) is 0 Å². The first-order valence-corrected chi connectivity index (χ1v) is 6.12. The third-order valence-corrected chi connectivity index (χ3v) is 2.52. The number of anilines is 1. The van der Waals surface area contributed by atoms with Crippen LogP contribution < -0.4 is 11.1 Å². The van der Waals surface area contributed by atoms with Crippen LogP contribution in [0.1, 0.15) is 10.4 Å². The molecule has 0 radical (unpaired) electrons. The van der Waals surface area contributed by atoms with Crippen LogP contribution >= 0.6 is 0 Å². The van der Waals surface area contributed by atoms with E-state index in [0.29, 0.717) is 23.7 Å². The van der Waals surface area contributed by atoms with Crippen molar-refractivity contribution in [1.82, 2.24) is 4.98 Å². The van der Waals surface area contributed by atoms with Crippen molar-refractivity contribution in [3.8, 4) is 0 Å². The highest BCUT2D eigenvalue weighted by molar-refractivity contribution is 7.84. The molecule has 1 amide bonds. The Morgan fingerprint density at radius 3 is 2.80 bits per heavy atom. The summed E-state index contributed by atoms with van der Waals surface area (Å²) in [5.41, 5.74) is 5.44. The maximum atomic E-state index is 10.8. The normalized spacial score (nSPS) is 12.1. The molecule has 0 aliphatic carbocycles. The third-order valence-electron chi connectivity index (χ3n) is 1.74. The highest BCUT2D eigenvalue weighted by Crippen LogP contribution is 2.03. The minimum atomic E-state index is -0.815. The zero-order valence-corrected chi connectivity index (χ0v) is 9.21. The first-order valence-electron chi connectivity index (χ1n) is 4.39. The zero-order valence-electron chi connectivity index (χ0n) is 8.40. The van der Waals surface area contributed by atoms with Crippen molar-refractivity contribution in [3.05, 3.63) is 23.9 Å². The van der Waals surface area contributed by atoms with Gasteiger partial charge in [0.1, 0.15) is 5.82 Å². The standard InChI is InChI=1S/C9H13N3O2S/c1-15(14)5-4-11-8-3-2-7(6-12-8)9(10)13/h2-3,6H,4-5H2,1H3,(H2,10,13)(H,11,12). The molecule has 3 N–H and O–H groups in total. The molecule has 1 aromatic heterocycles. The Balaban J connectivity index is 2.50. The molecular weight excluding hydrogens is 214 g/mol. The molecule has 0 saturated heterocycles. The van der Waals surface area contributed by atoms with E-state index in [9.17, 15) is 9.00 Å². The van der Waals surface area contributed by atoms with E-state index < -0.39 is 16.7 Å². The number of nitrogens with two attached hydrogens (primary N) is 1. The molecule has 0 aliphatic heterocycles.